The number of hydrogen-bond acceptors (Lipinski definition) is 7. The summed E-state index contributed by atoms with van der Waals surface area (Å²) in [4.78, 5) is 14.1. The molecule has 1 saturated carbocycles. The molecule has 3 fully saturated rings. The minimum absolute atomic E-state index is 0.0125. The predicted molar refractivity (Wildman–Crippen MR) is 140 cm³/mol. The van der Waals surface area contributed by atoms with Crippen LogP contribution in [0.25, 0.3) is 0 Å². The maximum absolute atomic E-state index is 13.6. The average molecular weight is 576 g/mol. The van der Waals surface area contributed by atoms with Crippen LogP contribution in [0.3, 0.4) is 0 Å². The Hall–Kier alpha value is -1.80. The van der Waals surface area contributed by atoms with E-state index >= 15 is 0 Å². The Kier molecular flexibility index (Phi) is 9.02. The molecule has 1 aromatic carbocycles. The number of likely N-dealkylation sites (tertiary alicyclic amines) is 1. The second kappa shape index (κ2) is 11.7. The molecule has 4 rings (SSSR count). The first kappa shape index (κ1) is 29.2. The summed E-state index contributed by atoms with van der Waals surface area (Å²) < 4.78 is 77.8. The summed E-state index contributed by atoms with van der Waals surface area (Å²) in [5.74, 6) is -0.222. The van der Waals surface area contributed by atoms with Crippen LogP contribution in [0.4, 0.5) is 9.18 Å². The van der Waals surface area contributed by atoms with Crippen molar-refractivity contribution in [3.8, 4) is 0 Å². The number of amides is 1. The molecule has 2 aliphatic heterocycles. The average Bonchev–Trinajstić information content (AvgIpc) is 3.15. The molecule has 13 heteroatoms. The van der Waals surface area contributed by atoms with Crippen LogP contribution in [0.15, 0.2) is 24.3 Å². The Balaban J connectivity index is 1.37. The van der Waals surface area contributed by atoms with Crippen LogP contribution in [-0.2, 0) is 29.5 Å². The highest BCUT2D eigenvalue weighted by Gasteiger charge is 2.45. The molecule has 0 bridgehead atoms. The van der Waals surface area contributed by atoms with Crippen LogP contribution in [0.1, 0.15) is 50.5 Å². The van der Waals surface area contributed by atoms with Crippen LogP contribution in [0.5, 0.6) is 0 Å². The molecule has 3 atom stereocenters. The summed E-state index contributed by atoms with van der Waals surface area (Å²) in [6, 6.07) is 5.26. The van der Waals surface area contributed by atoms with Gasteiger partial charge in [-0.2, -0.15) is 17.4 Å². The molecule has 10 nitrogen and oxygen atoms in total. The van der Waals surface area contributed by atoms with E-state index in [0.717, 1.165) is 35.6 Å². The zero-order valence-electron chi connectivity index (χ0n) is 22.1. The lowest BCUT2D eigenvalue weighted by Crippen LogP contribution is -2.54. The number of ether oxygens (including phenoxy) is 2. The molecule has 0 unspecified atom stereocenters. The highest BCUT2D eigenvalue weighted by Crippen LogP contribution is 2.35. The van der Waals surface area contributed by atoms with Crippen molar-refractivity contribution < 1.29 is 35.5 Å². The van der Waals surface area contributed by atoms with Crippen LogP contribution in [0, 0.1) is 11.7 Å². The fourth-order valence-electron chi connectivity index (χ4n) is 5.98. The molecule has 214 valence electrons. The van der Waals surface area contributed by atoms with Gasteiger partial charge in [0.1, 0.15) is 5.82 Å². The number of nitrogens with one attached hydrogen (secondary N) is 1. The first-order valence-electron chi connectivity index (χ1n) is 13.1. The first-order valence-corrected chi connectivity index (χ1v) is 16.3. The second-order valence-corrected chi connectivity index (χ2v) is 14.8. The normalized spacial score (nSPS) is 29.8. The summed E-state index contributed by atoms with van der Waals surface area (Å²) in [6.07, 6.45) is 3.07. The standard InChI is InChI=1S/C25H38FN3O7S2/c1-17-11-23(27-38(33,34)28(2)13-18-15-37(31,32)16-18)24(29(17)25(30)35-3)14-36-22-9-7-19(8-10-22)20-5-4-6-21(26)12-20/h4-6,12,17-19,22-24,27H,7-11,13-16H2,1-3H3/t17-,19?,22?,23+,24+/m1/s1. The van der Waals surface area contributed by atoms with Crippen molar-refractivity contribution in [2.75, 3.05) is 38.8 Å². The lowest BCUT2D eigenvalue weighted by atomic mass is 9.82. The Morgan fingerprint density at radius 1 is 1.21 bits per heavy atom. The van der Waals surface area contributed by atoms with Crippen molar-refractivity contribution in [3.63, 3.8) is 0 Å². The van der Waals surface area contributed by atoms with Gasteiger partial charge in [0.15, 0.2) is 9.84 Å². The molecule has 38 heavy (non-hydrogen) atoms. The number of rotatable bonds is 9. The van der Waals surface area contributed by atoms with Crippen LogP contribution < -0.4 is 4.72 Å². The quantitative estimate of drug-likeness (QED) is 0.479. The SMILES string of the molecule is COC(=O)N1[C@H](C)C[C@H](NS(=O)(=O)N(C)CC2CS(=O)(=O)C2)[C@@H]1COC1CCC(c2cccc(F)c2)CC1. The summed E-state index contributed by atoms with van der Waals surface area (Å²) >= 11 is 0. The van der Waals surface area contributed by atoms with E-state index in [2.05, 4.69) is 4.72 Å². The third-order valence-electron chi connectivity index (χ3n) is 7.98. The number of hydrogen-bond donors (Lipinski definition) is 1. The molecule has 0 radical (unpaired) electrons. The summed E-state index contributed by atoms with van der Waals surface area (Å²) in [5, 5.41) is 0. The Morgan fingerprint density at radius 3 is 2.50 bits per heavy atom. The molecule has 0 spiro atoms. The van der Waals surface area contributed by atoms with Gasteiger partial charge in [-0.3, -0.25) is 4.90 Å². The van der Waals surface area contributed by atoms with Crippen molar-refractivity contribution in [3.05, 3.63) is 35.6 Å². The van der Waals surface area contributed by atoms with E-state index in [1.165, 1.54) is 25.1 Å². The van der Waals surface area contributed by atoms with E-state index in [0.29, 0.717) is 6.42 Å². The first-order chi connectivity index (χ1) is 17.9. The number of carbonyl (C=O) groups excluding carboxylic acids is 1. The van der Waals surface area contributed by atoms with E-state index in [4.69, 9.17) is 9.47 Å². The number of halogens is 1. The summed E-state index contributed by atoms with van der Waals surface area (Å²) in [6.45, 7) is 2.09. The van der Waals surface area contributed by atoms with Gasteiger partial charge in [0, 0.05) is 31.6 Å². The number of nitrogens with zero attached hydrogens (tertiary/aromatic N) is 2. The van der Waals surface area contributed by atoms with Gasteiger partial charge in [0.05, 0.1) is 37.4 Å². The van der Waals surface area contributed by atoms with Crippen molar-refractivity contribution in [2.24, 2.45) is 5.92 Å². The van der Waals surface area contributed by atoms with Gasteiger partial charge in [-0.1, -0.05) is 12.1 Å². The van der Waals surface area contributed by atoms with Crippen molar-refractivity contribution in [2.45, 2.75) is 69.2 Å². The van der Waals surface area contributed by atoms with Gasteiger partial charge in [0.25, 0.3) is 10.2 Å². The van der Waals surface area contributed by atoms with E-state index in [1.54, 1.807) is 12.1 Å². The van der Waals surface area contributed by atoms with E-state index in [-0.39, 0.29) is 54.5 Å². The molecule has 2 heterocycles. The Labute approximate surface area is 224 Å². The fourth-order valence-corrected chi connectivity index (χ4v) is 8.75. The molecular weight excluding hydrogens is 537 g/mol. The molecule has 1 amide bonds. The minimum atomic E-state index is -3.93. The van der Waals surface area contributed by atoms with Crippen molar-refractivity contribution in [1.29, 1.82) is 0 Å². The number of methoxy groups -OCH3 is 1. The maximum Gasteiger partial charge on any atom is 0.410 e. The van der Waals surface area contributed by atoms with Crippen LogP contribution in [0.2, 0.25) is 0 Å². The Bertz CT molecular complexity index is 1190. The zero-order valence-corrected chi connectivity index (χ0v) is 23.7. The smallest absolute Gasteiger partial charge is 0.410 e. The van der Waals surface area contributed by atoms with Crippen LogP contribution >= 0.6 is 0 Å². The summed E-state index contributed by atoms with van der Waals surface area (Å²) in [7, 11) is -4.26. The van der Waals surface area contributed by atoms with Crippen LogP contribution in [-0.4, -0.2) is 95.2 Å². The van der Waals surface area contributed by atoms with Gasteiger partial charge < -0.3 is 9.47 Å². The highest BCUT2D eigenvalue weighted by molar-refractivity contribution is 7.92. The van der Waals surface area contributed by atoms with Crippen molar-refractivity contribution in [1.82, 2.24) is 13.9 Å². The molecule has 2 saturated heterocycles. The number of carbonyl (C=O) groups is 1. The van der Waals surface area contributed by atoms with E-state index in [9.17, 15) is 26.0 Å². The third-order valence-corrected chi connectivity index (χ3v) is 11.5. The minimum Gasteiger partial charge on any atom is -0.453 e. The largest absolute Gasteiger partial charge is 0.453 e. The molecule has 1 aromatic rings. The molecule has 1 aliphatic carbocycles. The fraction of sp³-hybridized carbons (Fsp3) is 0.720. The van der Waals surface area contributed by atoms with Gasteiger partial charge >= 0.3 is 6.09 Å². The van der Waals surface area contributed by atoms with Gasteiger partial charge in [-0.05, 0) is 62.6 Å². The summed E-state index contributed by atoms with van der Waals surface area (Å²) in [5.41, 5.74) is 0.989. The van der Waals surface area contributed by atoms with E-state index < -0.39 is 38.2 Å². The van der Waals surface area contributed by atoms with Crippen molar-refractivity contribution >= 4 is 26.1 Å². The molecular formula is C25H38FN3O7S2. The van der Waals surface area contributed by atoms with E-state index in [1.807, 2.05) is 13.0 Å². The monoisotopic (exact) mass is 575 g/mol. The predicted octanol–water partition coefficient (Wildman–Crippen LogP) is 2.28. The maximum atomic E-state index is 13.6. The number of benzene rings is 1. The third kappa shape index (κ3) is 6.85. The van der Waals surface area contributed by atoms with Gasteiger partial charge in [-0.25, -0.2) is 17.6 Å². The molecule has 0 aromatic heterocycles. The number of sulfone groups is 1. The van der Waals surface area contributed by atoms with Gasteiger partial charge in [-0.15, -0.1) is 0 Å². The second-order valence-electron chi connectivity index (χ2n) is 10.8. The lowest BCUT2D eigenvalue weighted by Gasteiger charge is -2.34. The highest BCUT2D eigenvalue weighted by atomic mass is 32.2. The topological polar surface area (TPSA) is 122 Å². The molecule has 1 N–H and O–H groups in total. The molecule has 3 aliphatic rings. The van der Waals surface area contributed by atoms with Gasteiger partial charge in [0.2, 0.25) is 0 Å². The lowest BCUT2D eigenvalue weighted by molar-refractivity contribution is -0.00866. The Morgan fingerprint density at radius 2 is 1.89 bits per heavy atom. The zero-order chi connectivity index (χ0) is 27.7.